The highest BCUT2D eigenvalue weighted by Gasteiger charge is 2.76. The van der Waals surface area contributed by atoms with E-state index in [2.05, 4.69) is 6.92 Å². The molecule has 1 aliphatic heterocycles. The summed E-state index contributed by atoms with van der Waals surface area (Å²) < 4.78 is 5.82. The van der Waals surface area contributed by atoms with Crippen LogP contribution >= 0.6 is 0 Å². The second-order valence-electron chi connectivity index (χ2n) is 10.3. The van der Waals surface area contributed by atoms with E-state index >= 15 is 0 Å². The average Bonchev–Trinajstić information content (AvgIpc) is 2.97. The summed E-state index contributed by atoms with van der Waals surface area (Å²) in [6, 6.07) is 0. The molecule has 5 nitrogen and oxygen atoms in total. The van der Waals surface area contributed by atoms with E-state index in [1.165, 1.54) is 0 Å². The number of carbonyl (C=O) groups excluding carboxylic acids is 1. The largest absolute Gasteiger partial charge is 0.459 e. The van der Waals surface area contributed by atoms with Crippen LogP contribution in [0.2, 0.25) is 0 Å². The van der Waals surface area contributed by atoms with Crippen molar-refractivity contribution in [1.29, 1.82) is 0 Å². The van der Waals surface area contributed by atoms with Crippen molar-refractivity contribution in [2.75, 3.05) is 6.61 Å². The van der Waals surface area contributed by atoms with Gasteiger partial charge < -0.3 is 20.1 Å². The van der Waals surface area contributed by atoms with E-state index in [0.29, 0.717) is 6.42 Å². The lowest BCUT2D eigenvalue weighted by Crippen LogP contribution is -2.65. The molecule has 0 radical (unpaired) electrons. The summed E-state index contributed by atoms with van der Waals surface area (Å²) in [7, 11) is 0. The molecule has 5 fully saturated rings. The summed E-state index contributed by atoms with van der Waals surface area (Å²) in [6.07, 6.45) is 4.76. The zero-order valence-electron chi connectivity index (χ0n) is 15.2. The van der Waals surface area contributed by atoms with Crippen LogP contribution in [0.5, 0.6) is 0 Å². The molecule has 25 heavy (non-hydrogen) atoms. The maximum Gasteiger partial charge on any atom is 0.312 e. The van der Waals surface area contributed by atoms with Crippen LogP contribution in [0.25, 0.3) is 0 Å². The van der Waals surface area contributed by atoms with Gasteiger partial charge in [0.1, 0.15) is 6.10 Å². The molecule has 0 aromatic rings. The predicted molar refractivity (Wildman–Crippen MR) is 89.4 cm³/mol. The smallest absolute Gasteiger partial charge is 0.312 e. The van der Waals surface area contributed by atoms with Crippen molar-refractivity contribution in [3.05, 3.63) is 0 Å². The molecule has 2 bridgehead atoms. The Hall–Kier alpha value is -0.650. The molecule has 0 unspecified atom stereocenters. The first-order valence-corrected chi connectivity index (χ1v) is 9.94. The van der Waals surface area contributed by atoms with Crippen molar-refractivity contribution < 1.29 is 24.9 Å². The Kier molecular flexibility index (Phi) is 3.04. The lowest BCUT2D eigenvalue weighted by molar-refractivity contribution is -0.221. The van der Waals surface area contributed by atoms with Gasteiger partial charge in [-0.05, 0) is 62.7 Å². The van der Waals surface area contributed by atoms with Gasteiger partial charge in [0.2, 0.25) is 0 Å². The SMILES string of the molecule is C[C@]12CCC[C@@]3(C)C(=O)O[C@@H]([C@@H](O)[C@@]45C[C@@H](CC[C@@H]14)[C@@](O)(CO)C5)[C@@H]23. The number of hydrogen-bond acceptors (Lipinski definition) is 5. The number of esters is 1. The highest BCUT2D eigenvalue weighted by atomic mass is 16.6. The summed E-state index contributed by atoms with van der Waals surface area (Å²) >= 11 is 0. The summed E-state index contributed by atoms with van der Waals surface area (Å²) in [5.41, 5.74) is -2.06. The lowest BCUT2D eigenvalue weighted by atomic mass is 9.40. The minimum Gasteiger partial charge on any atom is -0.459 e. The van der Waals surface area contributed by atoms with Gasteiger partial charge in [-0.2, -0.15) is 0 Å². The van der Waals surface area contributed by atoms with Gasteiger partial charge in [-0.25, -0.2) is 0 Å². The van der Waals surface area contributed by atoms with Gasteiger partial charge in [-0.3, -0.25) is 4.79 Å². The molecular formula is C20H30O5. The van der Waals surface area contributed by atoms with E-state index in [1.54, 1.807) is 0 Å². The van der Waals surface area contributed by atoms with E-state index in [4.69, 9.17) is 4.74 Å². The van der Waals surface area contributed by atoms with Crippen LogP contribution in [0.4, 0.5) is 0 Å². The van der Waals surface area contributed by atoms with Crippen LogP contribution in [-0.2, 0) is 9.53 Å². The molecule has 5 rings (SSSR count). The Bertz CT molecular complexity index is 636. The van der Waals surface area contributed by atoms with Crippen molar-refractivity contribution in [2.45, 2.75) is 76.6 Å². The number of ether oxygens (including phenoxy) is 1. The van der Waals surface area contributed by atoms with Gasteiger partial charge in [-0.15, -0.1) is 0 Å². The standard InChI is InChI=1S/C20H30O5/c1-17-6-3-7-18(2)14(17)13(25-16(18)23)15(22)19-8-11(4-5-12(17)19)20(24,9-19)10-21/h11-15,21-22,24H,3-10H2,1-2H3/t11-,12+,13-,14+,15-,17+,18-,19-,20+/m1/s1. The first kappa shape index (κ1) is 16.5. The minimum absolute atomic E-state index is 0.0376. The normalized spacial score (nSPS) is 62.3. The fourth-order valence-electron chi connectivity index (χ4n) is 8.46. The fraction of sp³-hybridized carbons (Fsp3) is 0.950. The number of rotatable bonds is 1. The minimum atomic E-state index is -1.10. The maximum absolute atomic E-state index is 12.7. The highest BCUT2D eigenvalue weighted by Crippen LogP contribution is 2.74. The second-order valence-corrected chi connectivity index (χ2v) is 10.3. The first-order valence-electron chi connectivity index (χ1n) is 9.94. The van der Waals surface area contributed by atoms with Crippen LogP contribution < -0.4 is 0 Å². The summed E-state index contributed by atoms with van der Waals surface area (Å²) in [4.78, 5) is 12.7. The topological polar surface area (TPSA) is 87.0 Å². The van der Waals surface area contributed by atoms with Gasteiger partial charge in [0.25, 0.3) is 0 Å². The molecule has 0 amide bonds. The lowest BCUT2D eigenvalue weighted by Gasteiger charge is -2.63. The Balaban J connectivity index is 1.66. The van der Waals surface area contributed by atoms with Gasteiger partial charge >= 0.3 is 5.97 Å². The van der Waals surface area contributed by atoms with Gasteiger partial charge in [-0.1, -0.05) is 13.3 Å². The maximum atomic E-state index is 12.7. The monoisotopic (exact) mass is 350 g/mol. The van der Waals surface area contributed by atoms with Crippen LogP contribution in [0.3, 0.4) is 0 Å². The number of aliphatic hydroxyl groups is 3. The fourth-order valence-corrected chi connectivity index (χ4v) is 8.46. The third kappa shape index (κ3) is 1.65. The van der Waals surface area contributed by atoms with E-state index in [1.807, 2.05) is 6.92 Å². The third-order valence-electron chi connectivity index (χ3n) is 9.34. The summed E-state index contributed by atoms with van der Waals surface area (Å²) in [5, 5.41) is 32.3. The zero-order valence-corrected chi connectivity index (χ0v) is 15.2. The number of fused-ring (bicyclic) bond motifs is 2. The van der Waals surface area contributed by atoms with E-state index in [0.717, 1.165) is 38.5 Å². The molecule has 0 aromatic heterocycles. The number of carbonyl (C=O) groups is 1. The number of aliphatic hydroxyl groups excluding tert-OH is 2. The molecule has 9 atom stereocenters. The van der Waals surface area contributed by atoms with Gasteiger partial charge in [0, 0.05) is 11.3 Å². The van der Waals surface area contributed by atoms with E-state index in [-0.39, 0.29) is 35.7 Å². The molecule has 3 N–H and O–H groups in total. The molecule has 140 valence electrons. The molecule has 1 saturated heterocycles. The van der Waals surface area contributed by atoms with Crippen molar-refractivity contribution in [3.63, 3.8) is 0 Å². The van der Waals surface area contributed by atoms with Crippen LogP contribution in [-0.4, -0.2) is 45.7 Å². The van der Waals surface area contributed by atoms with Crippen molar-refractivity contribution in [2.24, 2.45) is 34.0 Å². The molecular weight excluding hydrogens is 320 g/mol. The van der Waals surface area contributed by atoms with Crippen molar-refractivity contribution in [1.82, 2.24) is 0 Å². The van der Waals surface area contributed by atoms with E-state index in [9.17, 15) is 20.1 Å². The zero-order chi connectivity index (χ0) is 17.8. The summed E-state index contributed by atoms with van der Waals surface area (Å²) in [6.45, 7) is 4.09. The Morgan fingerprint density at radius 3 is 2.72 bits per heavy atom. The molecule has 5 aliphatic rings. The quantitative estimate of drug-likeness (QED) is 0.626. The van der Waals surface area contributed by atoms with E-state index < -0.39 is 28.6 Å². The molecule has 1 spiro atoms. The van der Waals surface area contributed by atoms with Crippen LogP contribution in [0, 0.1) is 34.0 Å². The highest BCUT2D eigenvalue weighted by molar-refractivity contribution is 5.80. The molecule has 4 saturated carbocycles. The second kappa shape index (κ2) is 4.60. The average molecular weight is 350 g/mol. The van der Waals surface area contributed by atoms with Crippen molar-refractivity contribution >= 4 is 5.97 Å². The Labute approximate surface area is 148 Å². The van der Waals surface area contributed by atoms with Crippen LogP contribution in [0.15, 0.2) is 0 Å². The molecule has 5 heteroatoms. The van der Waals surface area contributed by atoms with Gasteiger partial charge in [0.05, 0.1) is 23.7 Å². The Morgan fingerprint density at radius 1 is 1.24 bits per heavy atom. The number of hydrogen-bond donors (Lipinski definition) is 3. The molecule has 1 heterocycles. The summed E-state index contributed by atoms with van der Waals surface area (Å²) in [5.74, 6) is 0.235. The van der Waals surface area contributed by atoms with Gasteiger partial charge in [0.15, 0.2) is 0 Å². The predicted octanol–water partition coefficient (Wildman–Crippen LogP) is 1.63. The Morgan fingerprint density at radius 2 is 2.00 bits per heavy atom. The first-order chi connectivity index (χ1) is 11.7. The molecule has 0 aromatic carbocycles. The van der Waals surface area contributed by atoms with Crippen LogP contribution in [0.1, 0.15) is 58.8 Å². The third-order valence-corrected chi connectivity index (χ3v) is 9.34. The molecule has 4 aliphatic carbocycles. The van der Waals surface area contributed by atoms with Crippen molar-refractivity contribution in [3.8, 4) is 0 Å².